The van der Waals surface area contributed by atoms with Crippen LogP contribution < -0.4 is 5.32 Å². The standard InChI is InChI=1S/C13H17NO5S2/c1-20-8-7-11(13(16)17)14-12(15)9-3-5-10(6-4-9)21(2,18)19/h3-6,11H,7-8H2,1-2H3,(H,14,15)(H,16,17). The van der Waals surface area contributed by atoms with Crippen LogP contribution >= 0.6 is 11.8 Å². The molecule has 0 saturated carbocycles. The lowest BCUT2D eigenvalue weighted by Crippen LogP contribution is -2.41. The second-order valence-electron chi connectivity index (χ2n) is 4.44. The fraction of sp³-hybridized carbons (Fsp3) is 0.385. The molecule has 1 amide bonds. The van der Waals surface area contributed by atoms with E-state index in [-0.39, 0.29) is 10.5 Å². The molecule has 2 N–H and O–H groups in total. The van der Waals surface area contributed by atoms with Crippen LogP contribution in [0, 0.1) is 0 Å². The quantitative estimate of drug-likeness (QED) is 0.774. The molecule has 0 radical (unpaired) electrons. The SMILES string of the molecule is CSCCC(NC(=O)c1ccc(S(C)(=O)=O)cc1)C(=O)O. The molecule has 116 valence electrons. The van der Waals surface area contributed by atoms with Crippen LogP contribution in [0.15, 0.2) is 29.2 Å². The lowest BCUT2D eigenvalue weighted by atomic mass is 10.1. The molecule has 1 aromatic rings. The maximum atomic E-state index is 12.0. The molecule has 0 aliphatic heterocycles. The molecule has 0 fully saturated rings. The molecule has 21 heavy (non-hydrogen) atoms. The number of carboxylic acids is 1. The molecular weight excluding hydrogens is 314 g/mol. The van der Waals surface area contributed by atoms with E-state index in [0.29, 0.717) is 12.2 Å². The van der Waals surface area contributed by atoms with Crippen LogP contribution in [0.5, 0.6) is 0 Å². The Hall–Kier alpha value is -1.54. The van der Waals surface area contributed by atoms with Crippen LogP contribution in [-0.2, 0) is 14.6 Å². The number of hydrogen-bond acceptors (Lipinski definition) is 5. The van der Waals surface area contributed by atoms with Crippen molar-refractivity contribution in [3.05, 3.63) is 29.8 Å². The first-order chi connectivity index (χ1) is 9.75. The zero-order chi connectivity index (χ0) is 16.0. The third-order valence-corrected chi connectivity index (χ3v) is 4.53. The van der Waals surface area contributed by atoms with Gasteiger partial charge in [-0.25, -0.2) is 13.2 Å². The first-order valence-electron chi connectivity index (χ1n) is 6.08. The number of carbonyl (C=O) groups excluding carboxylic acids is 1. The molecule has 1 atom stereocenters. The van der Waals surface area contributed by atoms with Crippen molar-refractivity contribution in [2.24, 2.45) is 0 Å². The minimum atomic E-state index is -3.32. The Morgan fingerprint density at radius 1 is 1.29 bits per heavy atom. The molecule has 1 unspecified atom stereocenters. The van der Waals surface area contributed by atoms with Gasteiger partial charge in [0.05, 0.1) is 4.90 Å². The van der Waals surface area contributed by atoms with Gasteiger partial charge in [-0.15, -0.1) is 0 Å². The number of benzene rings is 1. The molecule has 1 rings (SSSR count). The smallest absolute Gasteiger partial charge is 0.326 e. The van der Waals surface area contributed by atoms with Gasteiger partial charge in [0.2, 0.25) is 0 Å². The lowest BCUT2D eigenvalue weighted by molar-refractivity contribution is -0.139. The maximum absolute atomic E-state index is 12.0. The number of carbonyl (C=O) groups is 2. The van der Waals surface area contributed by atoms with E-state index in [1.165, 1.54) is 36.0 Å². The second kappa shape index (κ2) is 7.46. The first kappa shape index (κ1) is 17.5. The van der Waals surface area contributed by atoms with Crippen molar-refractivity contribution in [1.82, 2.24) is 5.32 Å². The first-order valence-corrected chi connectivity index (χ1v) is 9.37. The van der Waals surface area contributed by atoms with E-state index < -0.39 is 27.8 Å². The summed E-state index contributed by atoms with van der Waals surface area (Å²) in [6, 6.07) is 4.40. The van der Waals surface area contributed by atoms with E-state index in [1.807, 2.05) is 6.26 Å². The largest absolute Gasteiger partial charge is 0.480 e. The Balaban J connectivity index is 2.81. The summed E-state index contributed by atoms with van der Waals surface area (Å²) < 4.78 is 22.6. The number of hydrogen-bond donors (Lipinski definition) is 2. The van der Waals surface area contributed by atoms with Crippen molar-refractivity contribution < 1.29 is 23.1 Å². The highest BCUT2D eigenvalue weighted by molar-refractivity contribution is 7.98. The van der Waals surface area contributed by atoms with Gasteiger partial charge >= 0.3 is 5.97 Å². The molecular formula is C13H17NO5S2. The summed E-state index contributed by atoms with van der Waals surface area (Å²) in [6.07, 6.45) is 3.25. The minimum absolute atomic E-state index is 0.108. The highest BCUT2D eigenvalue weighted by Crippen LogP contribution is 2.11. The van der Waals surface area contributed by atoms with E-state index >= 15 is 0 Å². The normalized spacial score (nSPS) is 12.7. The lowest BCUT2D eigenvalue weighted by Gasteiger charge is -2.14. The van der Waals surface area contributed by atoms with Crippen LogP contribution in [0.4, 0.5) is 0 Å². The van der Waals surface area contributed by atoms with Gasteiger partial charge in [-0.3, -0.25) is 4.79 Å². The molecule has 0 aliphatic carbocycles. The molecule has 6 nitrogen and oxygen atoms in total. The summed E-state index contributed by atoms with van der Waals surface area (Å²) in [7, 11) is -3.32. The number of rotatable bonds is 7. The Labute approximate surface area is 127 Å². The molecule has 0 bridgehead atoms. The van der Waals surface area contributed by atoms with E-state index in [4.69, 9.17) is 5.11 Å². The molecule has 0 saturated heterocycles. The summed E-state index contributed by atoms with van der Waals surface area (Å²) in [5, 5.41) is 11.5. The second-order valence-corrected chi connectivity index (χ2v) is 7.44. The van der Waals surface area contributed by atoms with Crippen molar-refractivity contribution in [2.45, 2.75) is 17.4 Å². The van der Waals surface area contributed by atoms with Gasteiger partial charge in [-0.05, 0) is 42.7 Å². The summed E-state index contributed by atoms with van der Waals surface area (Å²) >= 11 is 1.49. The van der Waals surface area contributed by atoms with Crippen LogP contribution in [-0.4, -0.2) is 49.7 Å². The average molecular weight is 331 g/mol. The fourth-order valence-corrected chi connectivity index (χ4v) is 2.69. The van der Waals surface area contributed by atoms with Crippen molar-refractivity contribution in [3.8, 4) is 0 Å². The van der Waals surface area contributed by atoms with Crippen molar-refractivity contribution >= 4 is 33.5 Å². The molecule has 0 heterocycles. The molecule has 8 heteroatoms. The minimum Gasteiger partial charge on any atom is -0.480 e. The Morgan fingerprint density at radius 3 is 2.29 bits per heavy atom. The highest BCUT2D eigenvalue weighted by atomic mass is 32.2. The number of sulfone groups is 1. The number of amides is 1. The highest BCUT2D eigenvalue weighted by Gasteiger charge is 2.20. The van der Waals surface area contributed by atoms with Gasteiger partial charge in [0, 0.05) is 11.8 Å². The molecule has 0 aliphatic rings. The Kier molecular flexibility index (Phi) is 6.22. The monoisotopic (exact) mass is 331 g/mol. The zero-order valence-corrected chi connectivity index (χ0v) is 13.3. The third kappa shape index (κ3) is 5.39. The predicted octanol–water partition coefficient (Wildman–Crippen LogP) is 1.03. The van der Waals surface area contributed by atoms with Gasteiger partial charge in [-0.2, -0.15) is 11.8 Å². The summed E-state index contributed by atoms with van der Waals surface area (Å²) in [4.78, 5) is 23.1. The van der Waals surface area contributed by atoms with Gasteiger partial charge in [0.15, 0.2) is 9.84 Å². The number of thioether (sulfide) groups is 1. The zero-order valence-electron chi connectivity index (χ0n) is 11.7. The third-order valence-electron chi connectivity index (χ3n) is 2.76. The van der Waals surface area contributed by atoms with Crippen LogP contribution in [0.2, 0.25) is 0 Å². The van der Waals surface area contributed by atoms with Gasteiger partial charge in [0.25, 0.3) is 5.91 Å². The number of aliphatic carboxylic acids is 1. The van der Waals surface area contributed by atoms with Gasteiger partial charge in [0.1, 0.15) is 6.04 Å². The topological polar surface area (TPSA) is 101 Å². The van der Waals surface area contributed by atoms with E-state index in [2.05, 4.69) is 5.32 Å². The van der Waals surface area contributed by atoms with E-state index in [0.717, 1.165) is 6.26 Å². The molecule has 0 spiro atoms. The number of nitrogens with one attached hydrogen (secondary N) is 1. The molecule has 0 aromatic heterocycles. The summed E-state index contributed by atoms with van der Waals surface area (Å²) in [6.45, 7) is 0. The summed E-state index contributed by atoms with van der Waals surface area (Å²) in [5.41, 5.74) is 0.220. The average Bonchev–Trinajstić information content (AvgIpc) is 2.42. The summed E-state index contributed by atoms with van der Waals surface area (Å²) in [5.74, 6) is -1.02. The Bertz CT molecular complexity index is 610. The van der Waals surface area contributed by atoms with Crippen molar-refractivity contribution in [1.29, 1.82) is 0 Å². The predicted molar refractivity (Wildman–Crippen MR) is 81.4 cm³/mol. The van der Waals surface area contributed by atoms with Gasteiger partial charge in [-0.1, -0.05) is 0 Å². The van der Waals surface area contributed by atoms with Crippen molar-refractivity contribution in [2.75, 3.05) is 18.3 Å². The van der Waals surface area contributed by atoms with E-state index in [1.54, 1.807) is 0 Å². The molecule has 1 aromatic carbocycles. The maximum Gasteiger partial charge on any atom is 0.326 e. The Morgan fingerprint density at radius 2 is 1.86 bits per heavy atom. The number of carboxylic acid groups (broad SMARTS) is 1. The van der Waals surface area contributed by atoms with Crippen LogP contribution in [0.1, 0.15) is 16.8 Å². The van der Waals surface area contributed by atoms with Crippen LogP contribution in [0.25, 0.3) is 0 Å². The fourth-order valence-electron chi connectivity index (χ4n) is 1.59. The van der Waals surface area contributed by atoms with Gasteiger partial charge < -0.3 is 10.4 Å². The van der Waals surface area contributed by atoms with E-state index in [9.17, 15) is 18.0 Å². The van der Waals surface area contributed by atoms with Crippen molar-refractivity contribution in [3.63, 3.8) is 0 Å². The van der Waals surface area contributed by atoms with Crippen LogP contribution in [0.3, 0.4) is 0 Å².